The van der Waals surface area contributed by atoms with Gasteiger partial charge in [-0.1, -0.05) is 17.7 Å². The van der Waals surface area contributed by atoms with E-state index in [0.717, 1.165) is 16.6 Å². The predicted octanol–water partition coefficient (Wildman–Crippen LogP) is 3.93. The second-order valence-electron chi connectivity index (χ2n) is 5.71. The molecule has 0 saturated heterocycles. The van der Waals surface area contributed by atoms with Crippen molar-refractivity contribution in [2.24, 2.45) is 0 Å². The summed E-state index contributed by atoms with van der Waals surface area (Å²) in [7, 11) is -3.64. The number of H-pyrrole nitrogens is 1. The highest BCUT2D eigenvalue weighted by molar-refractivity contribution is 7.92. The van der Waals surface area contributed by atoms with Crippen molar-refractivity contribution in [2.75, 3.05) is 4.72 Å². The zero-order valence-electron chi connectivity index (χ0n) is 13.4. The molecule has 25 heavy (non-hydrogen) atoms. The predicted molar refractivity (Wildman–Crippen MR) is 95.8 cm³/mol. The van der Waals surface area contributed by atoms with Crippen molar-refractivity contribution in [2.45, 2.75) is 11.8 Å². The highest BCUT2D eigenvalue weighted by Gasteiger charge is 2.15. The van der Waals surface area contributed by atoms with E-state index in [9.17, 15) is 8.42 Å². The van der Waals surface area contributed by atoms with E-state index >= 15 is 0 Å². The fourth-order valence-electron chi connectivity index (χ4n) is 2.53. The summed E-state index contributed by atoms with van der Waals surface area (Å²) in [5.41, 5.74) is 2.91. The van der Waals surface area contributed by atoms with Gasteiger partial charge in [0.15, 0.2) is 11.6 Å². The third-order valence-corrected chi connectivity index (χ3v) is 5.22. The van der Waals surface area contributed by atoms with Crippen LogP contribution in [0, 0.1) is 6.92 Å². The number of rotatable bonds is 4. The van der Waals surface area contributed by atoms with Gasteiger partial charge in [-0.05, 0) is 49.4 Å². The number of furan rings is 1. The number of hydrogen-bond donors (Lipinski definition) is 2. The molecule has 0 radical (unpaired) electrons. The highest BCUT2D eigenvalue weighted by atomic mass is 32.2. The first-order valence-electron chi connectivity index (χ1n) is 7.64. The van der Waals surface area contributed by atoms with E-state index < -0.39 is 10.0 Å². The molecule has 0 spiro atoms. The van der Waals surface area contributed by atoms with Crippen LogP contribution in [0.25, 0.3) is 22.6 Å². The van der Waals surface area contributed by atoms with Gasteiger partial charge in [-0.25, -0.2) is 13.4 Å². The molecule has 0 aliphatic carbocycles. The second-order valence-corrected chi connectivity index (χ2v) is 7.40. The molecule has 2 aromatic heterocycles. The van der Waals surface area contributed by atoms with Crippen molar-refractivity contribution in [3.63, 3.8) is 0 Å². The normalized spacial score (nSPS) is 11.7. The summed E-state index contributed by atoms with van der Waals surface area (Å²) in [6, 6.07) is 15.4. The van der Waals surface area contributed by atoms with Crippen LogP contribution in [-0.2, 0) is 10.0 Å². The molecule has 2 aromatic carbocycles. The molecule has 4 aromatic rings. The molecule has 0 fully saturated rings. The van der Waals surface area contributed by atoms with Crippen molar-refractivity contribution in [3.8, 4) is 11.6 Å². The molecule has 2 heterocycles. The lowest BCUT2D eigenvalue weighted by Gasteiger charge is -2.08. The quantitative estimate of drug-likeness (QED) is 0.582. The highest BCUT2D eigenvalue weighted by Crippen LogP contribution is 2.24. The maximum Gasteiger partial charge on any atom is 0.261 e. The van der Waals surface area contributed by atoms with Crippen molar-refractivity contribution < 1.29 is 12.8 Å². The maximum atomic E-state index is 12.5. The van der Waals surface area contributed by atoms with E-state index in [1.165, 1.54) is 0 Å². The van der Waals surface area contributed by atoms with Crippen molar-refractivity contribution >= 4 is 26.7 Å². The van der Waals surface area contributed by atoms with Crippen molar-refractivity contribution in [1.29, 1.82) is 0 Å². The first kappa shape index (κ1) is 15.5. The average Bonchev–Trinajstić information content (AvgIpc) is 3.23. The topological polar surface area (TPSA) is 88.0 Å². The molecule has 6 nitrogen and oxygen atoms in total. The average molecular weight is 353 g/mol. The van der Waals surface area contributed by atoms with E-state index in [1.54, 1.807) is 60.9 Å². The Labute approximate surface area is 144 Å². The number of anilines is 1. The lowest BCUT2D eigenvalue weighted by Crippen LogP contribution is -2.12. The minimum atomic E-state index is -3.64. The first-order chi connectivity index (χ1) is 12.0. The van der Waals surface area contributed by atoms with Crippen LogP contribution in [-0.4, -0.2) is 18.4 Å². The number of nitrogens with zero attached hydrogens (tertiary/aromatic N) is 1. The van der Waals surface area contributed by atoms with Gasteiger partial charge in [0.05, 0.1) is 27.9 Å². The molecule has 0 saturated carbocycles. The first-order valence-corrected chi connectivity index (χ1v) is 9.13. The van der Waals surface area contributed by atoms with Crippen LogP contribution in [0.4, 0.5) is 5.69 Å². The van der Waals surface area contributed by atoms with Crippen LogP contribution < -0.4 is 4.72 Å². The molecule has 0 amide bonds. The standard InChI is InChI=1S/C18H15N3O3S/c1-12-4-7-14(8-5-12)25(22,23)21-13-6-9-15-16(11-13)20-18(19-15)17-3-2-10-24-17/h2-11,21H,1H3,(H,19,20). The Morgan fingerprint density at radius 1 is 1.08 bits per heavy atom. The second kappa shape index (κ2) is 5.78. The summed E-state index contributed by atoms with van der Waals surface area (Å²) >= 11 is 0. The molecule has 126 valence electrons. The molecule has 0 unspecified atom stereocenters. The van der Waals surface area contributed by atoms with E-state index in [-0.39, 0.29) is 4.90 Å². The summed E-state index contributed by atoms with van der Waals surface area (Å²) in [6.45, 7) is 1.91. The van der Waals surface area contributed by atoms with Gasteiger partial charge in [0, 0.05) is 0 Å². The molecule has 2 N–H and O–H groups in total. The Kier molecular flexibility index (Phi) is 3.58. The fraction of sp³-hybridized carbons (Fsp3) is 0.0556. The number of aryl methyl sites for hydroxylation is 1. The maximum absolute atomic E-state index is 12.5. The number of aromatic nitrogens is 2. The molecular formula is C18H15N3O3S. The van der Waals surface area contributed by atoms with Crippen LogP contribution in [0.2, 0.25) is 0 Å². The molecule has 0 aliphatic rings. The van der Waals surface area contributed by atoms with E-state index in [4.69, 9.17) is 4.42 Å². The number of aromatic amines is 1. The van der Waals surface area contributed by atoms with E-state index in [1.807, 2.05) is 6.92 Å². The van der Waals surface area contributed by atoms with Crippen LogP contribution in [0.1, 0.15) is 5.56 Å². The van der Waals surface area contributed by atoms with Gasteiger partial charge in [-0.3, -0.25) is 4.72 Å². The van der Waals surface area contributed by atoms with Crippen LogP contribution >= 0.6 is 0 Å². The third kappa shape index (κ3) is 3.01. The van der Waals surface area contributed by atoms with Gasteiger partial charge in [-0.2, -0.15) is 0 Å². The van der Waals surface area contributed by atoms with Crippen molar-refractivity contribution in [3.05, 3.63) is 66.4 Å². The van der Waals surface area contributed by atoms with Crippen LogP contribution in [0.5, 0.6) is 0 Å². The van der Waals surface area contributed by atoms with Gasteiger partial charge >= 0.3 is 0 Å². The zero-order valence-corrected chi connectivity index (χ0v) is 14.2. The molecule has 4 rings (SSSR count). The minimum Gasteiger partial charge on any atom is -0.461 e. The number of fused-ring (bicyclic) bond motifs is 1. The number of nitrogens with one attached hydrogen (secondary N) is 2. The smallest absolute Gasteiger partial charge is 0.261 e. The Bertz CT molecular complexity index is 1130. The summed E-state index contributed by atoms with van der Waals surface area (Å²) in [5.74, 6) is 1.22. The number of hydrogen-bond acceptors (Lipinski definition) is 4. The van der Waals surface area contributed by atoms with Crippen LogP contribution in [0.15, 0.2) is 70.2 Å². The SMILES string of the molecule is Cc1ccc(S(=O)(=O)Nc2ccc3nc(-c4ccco4)[nH]c3c2)cc1. The third-order valence-electron chi connectivity index (χ3n) is 3.82. The van der Waals surface area contributed by atoms with Crippen LogP contribution in [0.3, 0.4) is 0 Å². The largest absolute Gasteiger partial charge is 0.461 e. The summed E-state index contributed by atoms with van der Waals surface area (Å²) in [6.07, 6.45) is 1.57. The lowest BCUT2D eigenvalue weighted by molar-refractivity contribution is 0.578. The van der Waals surface area contributed by atoms with Gasteiger partial charge in [0.25, 0.3) is 10.0 Å². The molecule has 0 bridgehead atoms. The summed E-state index contributed by atoms with van der Waals surface area (Å²) < 4.78 is 32.9. The Hall–Kier alpha value is -3.06. The zero-order chi connectivity index (χ0) is 17.4. The number of benzene rings is 2. The van der Waals surface area contributed by atoms with Gasteiger partial charge in [-0.15, -0.1) is 0 Å². The fourth-order valence-corrected chi connectivity index (χ4v) is 3.58. The van der Waals surface area contributed by atoms with Crippen molar-refractivity contribution in [1.82, 2.24) is 9.97 Å². The minimum absolute atomic E-state index is 0.221. The molecule has 0 atom stereocenters. The summed E-state index contributed by atoms with van der Waals surface area (Å²) in [4.78, 5) is 7.79. The van der Waals surface area contributed by atoms with Gasteiger partial charge in [0.1, 0.15) is 0 Å². The monoisotopic (exact) mass is 353 g/mol. The molecule has 7 heteroatoms. The number of imidazole rings is 1. The van der Waals surface area contributed by atoms with E-state index in [0.29, 0.717) is 17.3 Å². The number of sulfonamides is 1. The Morgan fingerprint density at radius 3 is 2.60 bits per heavy atom. The summed E-state index contributed by atoms with van der Waals surface area (Å²) in [5, 5.41) is 0. The van der Waals surface area contributed by atoms with E-state index in [2.05, 4.69) is 14.7 Å². The Balaban J connectivity index is 1.66. The lowest BCUT2D eigenvalue weighted by atomic mass is 10.2. The van der Waals surface area contributed by atoms with Gasteiger partial charge in [0.2, 0.25) is 0 Å². The molecule has 0 aliphatic heterocycles. The van der Waals surface area contributed by atoms with Gasteiger partial charge < -0.3 is 9.40 Å². The molecular weight excluding hydrogens is 338 g/mol. The Morgan fingerprint density at radius 2 is 1.88 bits per heavy atom.